The van der Waals surface area contributed by atoms with Gasteiger partial charge in [-0.05, 0) is 30.7 Å². The number of hydrogen-bond donors (Lipinski definition) is 1. The predicted molar refractivity (Wildman–Crippen MR) is 67.7 cm³/mol. The van der Waals surface area contributed by atoms with E-state index in [4.69, 9.17) is 11.6 Å². The average Bonchev–Trinajstić information content (AvgIpc) is 2.32. The first-order valence-electron chi connectivity index (χ1n) is 5.19. The molecule has 0 atom stereocenters. The highest BCUT2D eigenvalue weighted by Gasteiger charge is 2.16. The van der Waals surface area contributed by atoms with Crippen molar-refractivity contribution < 1.29 is 9.90 Å². The first kappa shape index (κ1) is 11.7. The van der Waals surface area contributed by atoms with Crippen LogP contribution in [0.25, 0.3) is 0 Å². The van der Waals surface area contributed by atoms with E-state index in [0.29, 0.717) is 16.1 Å². The number of benzene rings is 2. The highest BCUT2D eigenvalue weighted by molar-refractivity contribution is 6.35. The molecular weight excluding hydrogens is 236 g/mol. The fourth-order valence-electron chi connectivity index (χ4n) is 1.63. The van der Waals surface area contributed by atoms with E-state index in [0.717, 1.165) is 0 Å². The Balaban J connectivity index is 2.52. The molecule has 0 saturated carbocycles. The number of phenols is 1. The summed E-state index contributed by atoms with van der Waals surface area (Å²) in [4.78, 5) is 12.2. The number of rotatable bonds is 2. The maximum absolute atomic E-state index is 12.2. The van der Waals surface area contributed by atoms with E-state index in [1.54, 1.807) is 49.4 Å². The summed E-state index contributed by atoms with van der Waals surface area (Å²) >= 11 is 5.96. The highest BCUT2D eigenvalue weighted by atomic mass is 35.5. The maximum Gasteiger partial charge on any atom is 0.198 e. The van der Waals surface area contributed by atoms with Crippen LogP contribution in [-0.4, -0.2) is 10.9 Å². The molecule has 0 aliphatic heterocycles. The number of aryl methyl sites for hydroxylation is 1. The molecule has 2 aromatic carbocycles. The molecule has 0 amide bonds. The third-order valence-electron chi connectivity index (χ3n) is 2.60. The van der Waals surface area contributed by atoms with Crippen molar-refractivity contribution in [1.29, 1.82) is 0 Å². The number of para-hydroxylation sites is 1. The SMILES string of the molecule is Cc1cccc(C(=O)c2ccccc2Cl)c1O. The first-order valence-corrected chi connectivity index (χ1v) is 5.57. The lowest BCUT2D eigenvalue weighted by atomic mass is 10.0. The molecule has 2 nitrogen and oxygen atoms in total. The summed E-state index contributed by atoms with van der Waals surface area (Å²) in [6, 6.07) is 11.9. The van der Waals surface area contributed by atoms with Crippen molar-refractivity contribution in [3.8, 4) is 5.75 Å². The molecule has 0 saturated heterocycles. The summed E-state index contributed by atoms with van der Waals surface area (Å²) < 4.78 is 0. The van der Waals surface area contributed by atoms with E-state index in [-0.39, 0.29) is 17.1 Å². The summed E-state index contributed by atoms with van der Waals surface area (Å²) in [5, 5.41) is 10.2. The van der Waals surface area contributed by atoms with Crippen LogP contribution < -0.4 is 0 Å². The summed E-state index contributed by atoms with van der Waals surface area (Å²) in [5.41, 5.74) is 1.34. The number of halogens is 1. The topological polar surface area (TPSA) is 37.3 Å². The van der Waals surface area contributed by atoms with Gasteiger partial charge in [0.25, 0.3) is 0 Å². The van der Waals surface area contributed by atoms with Crippen LogP contribution in [0.5, 0.6) is 5.75 Å². The van der Waals surface area contributed by atoms with Crippen LogP contribution in [-0.2, 0) is 0 Å². The Bertz CT molecular complexity index is 576. The third kappa shape index (κ3) is 2.17. The van der Waals surface area contributed by atoms with E-state index >= 15 is 0 Å². The van der Waals surface area contributed by atoms with Gasteiger partial charge in [-0.1, -0.05) is 35.9 Å². The Hall–Kier alpha value is -1.80. The molecule has 3 heteroatoms. The minimum Gasteiger partial charge on any atom is -0.507 e. The van der Waals surface area contributed by atoms with E-state index < -0.39 is 0 Å². The molecule has 0 aliphatic carbocycles. The van der Waals surface area contributed by atoms with E-state index in [1.807, 2.05) is 0 Å². The molecule has 17 heavy (non-hydrogen) atoms. The van der Waals surface area contributed by atoms with Gasteiger partial charge in [0.15, 0.2) is 5.78 Å². The fraction of sp³-hybridized carbons (Fsp3) is 0.0714. The molecule has 0 bridgehead atoms. The van der Waals surface area contributed by atoms with Crippen molar-refractivity contribution in [2.45, 2.75) is 6.92 Å². The molecule has 0 aliphatic rings. The van der Waals surface area contributed by atoms with Gasteiger partial charge in [0, 0.05) is 5.56 Å². The normalized spacial score (nSPS) is 10.2. The monoisotopic (exact) mass is 246 g/mol. The Morgan fingerprint density at radius 3 is 2.41 bits per heavy atom. The molecule has 0 aromatic heterocycles. The molecule has 2 rings (SSSR count). The number of hydrogen-bond acceptors (Lipinski definition) is 2. The largest absolute Gasteiger partial charge is 0.507 e. The van der Waals surface area contributed by atoms with Gasteiger partial charge in [-0.3, -0.25) is 4.79 Å². The smallest absolute Gasteiger partial charge is 0.198 e. The zero-order valence-corrected chi connectivity index (χ0v) is 10.0. The van der Waals surface area contributed by atoms with Gasteiger partial charge >= 0.3 is 0 Å². The molecule has 0 unspecified atom stereocenters. The highest BCUT2D eigenvalue weighted by Crippen LogP contribution is 2.26. The van der Waals surface area contributed by atoms with Crippen molar-refractivity contribution in [1.82, 2.24) is 0 Å². The lowest BCUT2D eigenvalue weighted by molar-refractivity contribution is 0.103. The van der Waals surface area contributed by atoms with Crippen LogP contribution in [0.3, 0.4) is 0 Å². The summed E-state index contributed by atoms with van der Waals surface area (Å²) in [5.74, 6) is -0.255. The molecule has 2 aromatic rings. The van der Waals surface area contributed by atoms with Crippen LogP contribution in [0.1, 0.15) is 21.5 Å². The van der Waals surface area contributed by atoms with Crippen LogP contribution in [0.2, 0.25) is 5.02 Å². The first-order chi connectivity index (χ1) is 8.11. The standard InChI is InChI=1S/C14H11ClO2/c1-9-5-4-7-11(13(9)16)14(17)10-6-2-3-8-12(10)15/h2-8,16H,1H3. The number of ketones is 1. The van der Waals surface area contributed by atoms with Gasteiger partial charge in [-0.25, -0.2) is 0 Å². The molecule has 0 fully saturated rings. The van der Waals surface area contributed by atoms with Crippen LogP contribution in [0.4, 0.5) is 0 Å². The second-order valence-corrected chi connectivity index (χ2v) is 4.19. The quantitative estimate of drug-likeness (QED) is 0.823. The van der Waals surface area contributed by atoms with Crippen molar-refractivity contribution in [2.24, 2.45) is 0 Å². The van der Waals surface area contributed by atoms with Gasteiger partial charge in [0.2, 0.25) is 0 Å². The molecule has 1 N–H and O–H groups in total. The van der Waals surface area contributed by atoms with Gasteiger partial charge in [0.1, 0.15) is 5.75 Å². The van der Waals surface area contributed by atoms with Crippen molar-refractivity contribution in [3.63, 3.8) is 0 Å². The predicted octanol–water partition coefficient (Wildman–Crippen LogP) is 3.59. The lowest BCUT2D eigenvalue weighted by Gasteiger charge is -2.07. The van der Waals surface area contributed by atoms with Crippen LogP contribution in [0.15, 0.2) is 42.5 Å². The molecule has 0 spiro atoms. The zero-order valence-electron chi connectivity index (χ0n) is 9.27. The van der Waals surface area contributed by atoms with Crippen molar-refractivity contribution in [2.75, 3.05) is 0 Å². The Morgan fingerprint density at radius 1 is 1.06 bits per heavy atom. The molecule has 0 heterocycles. The Labute approximate surface area is 104 Å². The average molecular weight is 247 g/mol. The van der Waals surface area contributed by atoms with Crippen LogP contribution in [0, 0.1) is 6.92 Å². The number of carbonyl (C=O) groups is 1. The van der Waals surface area contributed by atoms with Gasteiger partial charge < -0.3 is 5.11 Å². The van der Waals surface area contributed by atoms with Crippen molar-refractivity contribution in [3.05, 3.63) is 64.2 Å². The second kappa shape index (κ2) is 4.60. The lowest BCUT2D eigenvalue weighted by Crippen LogP contribution is -2.03. The summed E-state index contributed by atoms with van der Waals surface area (Å²) in [7, 11) is 0. The third-order valence-corrected chi connectivity index (χ3v) is 2.93. The number of carbonyl (C=O) groups excluding carboxylic acids is 1. The molecule has 0 radical (unpaired) electrons. The zero-order chi connectivity index (χ0) is 12.4. The maximum atomic E-state index is 12.2. The summed E-state index contributed by atoms with van der Waals surface area (Å²) in [6.07, 6.45) is 0. The van der Waals surface area contributed by atoms with E-state index in [1.165, 1.54) is 0 Å². The van der Waals surface area contributed by atoms with Gasteiger partial charge in [0.05, 0.1) is 10.6 Å². The summed E-state index contributed by atoms with van der Waals surface area (Å²) in [6.45, 7) is 1.75. The van der Waals surface area contributed by atoms with E-state index in [9.17, 15) is 9.90 Å². The van der Waals surface area contributed by atoms with Gasteiger partial charge in [-0.15, -0.1) is 0 Å². The van der Waals surface area contributed by atoms with Gasteiger partial charge in [-0.2, -0.15) is 0 Å². The van der Waals surface area contributed by atoms with Crippen molar-refractivity contribution >= 4 is 17.4 Å². The minimum absolute atomic E-state index is 0.0115. The Kier molecular flexibility index (Phi) is 3.16. The van der Waals surface area contributed by atoms with E-state index in [2.05, 4.69) is 0 Å². The minimum atomic E-state index is -0.267. The fourth-order valence-corrected chi connectivity index (χ4v) is 1.85. The number of aromatic hydroxyl groups is 1. The molecular formula is C14H11ClO2. The number of phenolic OH excluding ortho intramolecular Hbond substituents is 1. The van der Waals surface area contributed by atoms with Crippen LogP contribution >= 0.6 is 11.6 Å². The molecule has 86 valence electrons. The second-order valence-electron chi connectivity index (χ2n) is 3.78. The Morgan fingerprint density at radius 2 is 1.71 bits per heavy atom.